The highest BCUT2D eigenvalue weighted by molar-refractivity contribution is 8.76. The third kappa shape index (κ3) is 13.3. The lowest BCUT2D eigenvalue weighted by atomic mass is 9.98. The summed E-state index contributed by atoms with van der Waals surface area (Å²) < 4.78 is 45.3. The van der Waals surface area contributed by atoms with Crippen molar-refractivity contribution >= 4 is 62.2 Å². The third-order valence-electron chi connectivity index (χ3n) is 7.71. The van der Waals surface area contributed by atoms with Crippen LogP contribution in [0.5, 0.6) is 0 Å². The molecule has 12 nitrogen and oxygen atoms in total. The standard InChI is InChI=1S/C34H39F3N4O8S2/c1-21(25-13-5-10-23-9-2-3-12-26(23)25)41(16-6-8-22-7-4-11-24(17-22)34(35,36)37)33(48)49-20-51-50-19-28(31(45)39-18-30(43)44)40-29(42)15-14-27(38)32(46)47/h2-5,7,9-13,17,21,27-28H,6,8,14-16,18-20,38H2,1H3,(H,39,45)(H,40,42)(H,43,44)(H,46,47)/t21-,27+,28+/m1/s1. The van der Waals surface area contributed by atoms with Crippen LogP contribution in [0.2, 0.25) is 0 Å². The minimum atomic E-state index is -4.48. The van der Waals surface area contributed by atoms with Gasteiger partial charge in [0, 0.05) is 18.7 Å². The topological polar surface area (TPSA) is 188 Å². The molecule has 3 rings (SSSR count). The van der Waals surface area contributed by atoms with Gasteiger partial charge in [0.25, 0.3) is 0 Å². The number of aryl methyl sites for hydroxylation is 1. The Morgan fingerprint density at radius 2 is 1.69 bits per heavy atom. The smallest absolute Gasteiger partial charge is 0.416 e. The number of ether oxygens (including phenoxy) is 1. The van der Waals surface area contributed by atoms with Gasteiger partial charge in [0.15, 0.2) is 0 Å². The number of carbonyl (C=O) groups excluding carboxylic acids is 3. The van der Waals surface area contributed by atoms with Crippen LogP contribution in [0.3, 0.4) is 0 Å². The van der Waals surface area contributed by atoms with Gasteiger partial charge >= 0.3 is 24.2 Å². The van der Waals surface area contributed by atoms with Crippen molar-refractivity contribution in [1.82, 2.24) is 15.5 Å². The van der Waals surface area contributed by atoms with E-state index in [9.17, 15) is 37.1 Å². The van der Waals surface area contributed by atoms with Crippen molar-refractivity contribution in [3.63, 3.8) is 0 Å². The number of halogens is 3. The van der Waals surface area contributed by atoms with E-state index >= 15 is 0 Å². The predicted molar refractivity (Wildman–Crippen MR) is 188 cm³/mol. The number of carbonyl (C=O) groups is 5. The number of alkyl halides is 3. The van der Waals surface area contributed by atoms with E-state index in [0.717, 1.165) is 50.1 Å². The first-order valence-corrected chi connectivity index (χ1v) is 18.2. The Hall–Kier alpha value is -4.48. The summed E-state index contributed by atoms with van der Waals surface area (Å²) in [4.78, 5) is 61.8. The Kier molecular flexibility index (Phi) is 15.9. The van der Waals surface area contributed by atoms with Gasteiger partial charge < -0.3 is 36.2 Å². The van der Waals surface area contributed by atoms with Crippen molar-refractivity contribution < 1.29 is 52.1 Å². The number of benzene rings is 3. The average molecular weight is 753 g/mol. The summed E-state index contributed by atoms with van der Waals surface area (Å²) in [5, 5.41) is 24.3. The number of fused-ring (bicyclic) bond motifs is 1. The number of nitrogens with zero attached hydrogens (tertiary/aromatic N) is 1. The van der Waals surface area contributed by atoms with Crippen molar-refractivity contribution in [2.45, 2.75) is 56.9 Å². The highest BCUT2D eigenvalue weighted by atomic mass is 33.1. The Labute approximate surface area is 300 Å². The molecule has 0 aliphatic heterocycles. The lowest BCUT2D eigenvalue weighted by Gasteiger charge is -2.29. The van der Waals surface area contributed by atoms with Crippen LogP contribution in [0.15, 0.2) is 66.7 Å². The van der Waals surface area contributed by atoms with Crippen molar-refractivity contribution in [2.24, 2.45) is 5.73 Å². The molecule has 3 amide bonds. The second-order valence-electron chi connectivity index (χ2n) is 11.4. The second kappa shape index (κ2) is 19.8. The molecular formula is C34H39F3N4O8S2. The Morgan fingerprint density at radius 3 is 2.39 bits per heavy atom. The van der Waals surface area contributed by atoms with Crippen LogP contribution >= 0.6 is 21.6 Å². The van der Waals surface area contributed by atoms with Gasteiger partial charge in [-0.05, 0) is 54.2 Å². The molecule has 3 atom stereocenters. The van der Waals surface area contributed by atoms with Gasteiger partial charge in [-0.25, -0.2) is 4.79 Å². The fourth-order valence-corrected chi connectivity index (χ4v) is 6.76. The Balaban J connectivity index is 1.65. The van der Waals surface area contributed by atoms with Crippen LogP contribution in [0.25, 0.3) is 10.8 Å². The molecular weight excluding hydrogens is 714 g/mol. The van der Waals surface area contributed by atoms with Gasteiger partial charge in [-0.2, -0.15) is 13.2 Å². The monoisotopic (exact) mass is 752 g/mol. The number of carboxylic acids is 2. The summed E-state index contributed by atoms with van der Waals surface area (Å²) in [6.45, 7) is 1.31. The van der Waals surface area contributed by atoms with Crippen molar-refractivity contribution in [2.75, 3.05) is 24.8 Å². The first-order chi connectivity index (χ1) is 24.2. The number of nitrogens with two attached hydrogens (primary N) is 1. The highest BCUT2D eigenvalue weighted by Crippen LogP contribution is 2.31. The molecule has 276 valence electrons. The lowest BCUT2D eigenvalue weighted by Crippen LogP contribution is -2.49. The van der Waals surface area contributed by atoms with Crippen LogP contribution in [0, 0.1) is 0 Å². The summed E-state index contributed by atoms with van der Waals surface area (Å²) in [6.07, 6.45) is -5.00. The maximum absolute atomic E-state index is 13.5. The van der Waals surface area contributed by atoms with Crippen molar-refractivity contribution in [3.05, 3.63) is 83.4 Å². The molecule has 0 bridgehead atoms. The number of hydrogen-bond acceptors (Lipinski definition) is 9. The molecule has 17 heteroatoms. The molecule has 0 saturated carbocycles. The van der Waals surface area contributed by atoms with Gasteiger partial charge in [0.1, 0.15) is 24.6 Å². The Morgan fingerprint density at radius 1 is 0.980 bits per heavy atom. The minimum Gasteiger partial charge on any atom is -0.480 e. The SMILES string of the molecule is C[C@H](c1cccc2ccccc12)N(CCCc1cccc(C(F)(F)F)c1)C(=O)OCSSC[C@H](NC(=O)CC[C@H](N)C(=O)O)C(=O)NCC(=O)O. The van der Waals surface area contributed by atoms with Gasteiger partial charge in [0.05, 0.1) is 11.6 Å². The third-order valence-corrected chi connectivity index (χ3v) is 9.76. The fourth-order valence-electron chi connectivity index (χ4n) is 5.04. The quantitative estimate of drug-likeness (QED) is 0.0615. The zero-order chi connectivity index (χ0) is 37.6. The van der Waals surface area contributed by atoms with E-state index in [1.54, 1.807) is 6.07 Å². The van der Waals surface area contributed by atoms with Gasteiger partial charge in [0.2, 0.25) is 11.8 Å². The van der Waals surface area contributed by atoms with Crippen LogP contribution in [0.4, 0.5) is 18.0 Å². The van der Waals surface area contributed by atoms with Gasteiger partial charge in [-0.1, -0.05) is 82.3 Å². The van der Waals surface area contributed by atoms with Crippen molar-refractivity contribution in [1.29, 1.82) is 0 Å². The van der Waals surface area contributed by atoms with E-state index in [2.05, 4.69) is 10.6 Å². The van der Waals surface area contributed by atoms with Crippen LogP contribution < -0.4 is 16.4 Å². The maximum Gasteiger partial charge on any atom is 0.416 e. The summed E-state index contributed by atoms with van der Waals surface area (Å²) in [5.74, 6) is -4.28. The molecule has 3 aromatic rings. The molecule has 0 fully saturated rings. The molecule has 0 heterocycles. The first kappa shape index (κ1) is 40.9. The highest BCUT2D eigenvalue weighted by Gasteiger charge is 2.30. The Bertz CT molecular complexity index is 1670. The summed E-state index contributed by atoms with van der Waals surface area (Å²) in [5.41, 5.74) is 6.00. The number of hydrogen-bond donors (Lipinski definition) is 5. The molecule has 3 aromatic carbocycles. The van der Waals surface area contributed by atoms with Crippen molar-refractivity contribution in [3.8, 4) is 0 Å². The van der Waals surface area contributed by atoms with Gasteiger partial charge in [-0.3, -0.25) is 19.2 Å². The molecule has 0 saturated heterocycles. The number of carboxylic acid groups (broad SMARTS) is 2. The van der Waals surface area contributed by atoms with Crippen LogP contribution in [0.1, 0.15) is 48.9 Å². The average Bonchev–Trinajstić information content (AvgIpc) is 3.09. The largest absolute Gasteiger partial charge is 0.480 e. The van der Waals surface area contributed by atoms with Crippen LogP contribution in [-0.4, -0.2) is 81.8 Å². The maximum atomic E-state index is 13.5. The predicted octanol–water partition coefficient (Wildman–Crippen LogP) is 5.21. The normalized spacial score (nSPS) is 13.1. The van der Waals surface area contributed by atoms with E-state index in [0.29, 0.717) is 12.0 Å². The summed E-state index contributed by atoms with van der Waals surface area (Å²) in [6, 6.07) is 15.4. The second-order valence-corrected chi connectivity index (χ2v) is 13.8. The number of amides is 3. The molecule has 0 aliphatic carbocycles. The minimum absolute atomic E-state index is 0.0580. The van der Waals surface area contributed by atoms with E-state index < -0.39 is 66.3 Å². The molecule has 0 unspecified atom stereocenters. The van der Waals surface area contributed by atoms with E-state index in [1.807, 2.05) is 49.4 Å². The summed E-state index contributed by atoms with van der Waals surface area (Å²) >= 11 is 0. The van der Waals surface area contributed by atoms with Crippen LogP contribution in [-0.2, 0) is 36.5 Å². The molecule has 0 radical (unpaired) electrons. The molecule has 0 aromatic heterocycles. The van der Waals surface area contributed by atoms with Gasteiger partial charge in [-0.15, -0.1) is 0 Å². The van der Waals surface area contributed by atoms with E-state index in [1.165, 1.54) is 11.0 Å². The first-order valence-electron chi connectivity index (χ1n) is 15.8. The molecule has 51 heavy (non-hydrogen) atoms. The van der Waals surface area contributed by atoms with E-state index in [-0.39, 0.29) is 37.5 Å². The number of aliphatic carboxylic acids is 2. The zero-order valence-electron chi connectivity index (χ0n) is 27.6. The molecule has 6 N–H and O–H groups in total. The summed E-state index contributed by atoms with van der Waals surface area (Å²) in [7, 11) is 2.11. The molecule has 0 spiro atoms. The lowest BCUT2D eigenvalue weighted by molar-refractivity contribution is -0.139. The fraction of sp³-hybridized carbons (Fsp3) is 0.382. The number of nitrogens with one attached hydrogen (secondary N) is 2. The zero-order valence-corrected chi connectivity index (χ0v) is 29.2. The number of rotatable bonds is 19. The molecule has 0 aliphatic rings. The van der Waals surface area contributed by atoms with E-state index in [4.69, 9.17) is 20.7 Å².